The molecule has 1 amide bonds. The topological polar surface area (TPSA) is 66.1 Å². The summed E-state index contributed by atoms with van der Waals surface area (Å²) in [5.41, 5.74) is 2.50. The molecule has 2 unspecified atom stereocenters. The van der Waals surface area contributed by atoms with Crippen molar-refractivity contribution in [1.29, 1.82) is 0 Å². The van der Waals surface area contributed by atoms with E-state index in [1.807, 2.05) is 17.8 Å². The van der Waals surface area contributed by atoms with E-state index in [1.165, 1.54) is 16.0 Å². The second kappa shape index (κ2) is 9.70. The summed E-state index contributed by atoms with van der Waals surface area (Å²) in [7, 11) is 0. The maximum atomic E-state index is 12.4. The Morgan fingerprint density at radius 2 is 1.81 bits per heavy atom. The van der Waals surface area contributed by atoms with E-state index in [2.05, 4.69) is 63.8 Å². The number of hydrogen-bond donors (Lipinski definition) is 2. The van der Waals surface area contributed by atoms with Gasteiger partial charge in [0.25, 0.3) is 0 Å². The molecule has 32 heavy (non-hydrogen) atoms. The number of hydrogen-bond acceptors (Lipinski definition) is 7. The SMILES string of the molecule is Cc1ccc(SCC2CC(=O)NC(N3CCN(Cc4ccc5c(c4)OCO5)CC3)N2)cc1. The molecule has 5 rings (SSSR count). The Hall–Kier alpha value is -2.26. The summed E-state index contributed by atoms with van der Waals surface area (Å²) in [4.78, 5) is 18.4. The number of ether oxygens (including phenoxy) is 2. The lowest BCUT2D eigenvalue weighted by molar-refractivity contribution is -0.127. The third kappa shape index (κ3) is 5.20. The number of fused-ring (bicyclic) bond motifs is 1. The first-order chi connectivity index (χ1) is 15.6. The molecule has 2 N–H and O–H groups in total. The van der Waals surface area contributed by atoms with Crippen molar-refractivity contribution in [2.45, 2.75) is 37.1 Å². The van der Waals surface area contributed by atoms with Gasteiger partial charge in [-0.1, -0.05) is 23.8 Å². The van der Waals surface area contributed by atoms with Crippen LogP contribution in [-0.4, -0.2) is 66.8 Å². The summed E-state index contributed by atoms with van der Waals surface area (Å²) in [6, 6.07) is 14.9. The van der Waals surface area contributed by atoms with Crippen molar-refractivity contribution >= 4 is 17.7 Å². The average Bonchev–Trinajstić information content (AvgIpc) is 3.27. The number of thioether (sulfide) groups is 1. The average molecular weight is 455 g/mol. The predicted molar refractivity (Wildman–Crippen MR) is 125 cm³/mol. The van der Waals surface area contributed by atoms with Crippen molar-refractivity contribution < 1.29 is 14.3 Å². The van der Waals surface area contributed by atoms with Gasteiger partial charge < -0.3 is 14.8 Å². The van der Waals surface area contributed by atoms with E-state index >= 15 is 0 Å². The van der Waals surface area contributed by atoms with E-state index in [0.29, 0.717) is 13.2 Å². The number of aryl methyl sites for hydroxylation is 1. The molecule has 0 spiro atoms. The molecular formula is C24H30N4O3S. The molecule has 3 aliphatic rings. The van der Waals surface area contributed by atoms with Crippen LogP contribution in [0, 0.1) is 6.92 Å². The van der Waals surface area contributed by atoms with Crippen LogP contribution in [0.3, 0.4) is 0 Å². The van der Waals surface area contributed by atoms with Crippen LogP contribution in [0.1, 0.15) is 17.5 Å². The molecule has 7 nitrogen and oxygen atoms in total. The molecule has 0 bridgehead atoms. The Bertz CT molecular complexity index is 947. The minimum atomic E-state index is -0.0902. The minimum Gasteiger partial charge on any atom is -0.454 e. The van der Waals surface area contributed by atoms with Crippen LogP contribution in [0.2, 0.25) is 0 Å². The van der Waals surface area contributed by atoms with Crippen molar-refractivity contribution in [2.24, 2.45) is 0 Å². The highest BCUT2D eigenvalue weighted by atomic mass is 32.2. The first-order valence-corrected chi connectivity index (χ1v) is 12.2. The van der Waals surface area contributed by atoms with Crippen LogP contribution in [-0.2, 0) is 11.3 Å². The minimum absolute atomic E-state index is 0.0902. The van der Waals surface area contributed by atoms with Gasteiger partial charge in [0.2, 0.25) is 12.7 Å². The van der Waals surface area contributed by atoms with Gasteiger partial charge in [0.1, 0.15) is 6.29 Å². The normalized spacial score (nSPS) is 23.8. The summed E-state index contributed by atoms with van der Waals surface area (Å²) in [6.45, 7) is 7.06. The van der Waals surface area contributed by atoms with E-state index in [0.717, 1.165) is 50.0 Å². The molecule has 0 saturated carbocycles. The zero-order valence-corrected chi connectivity index (χ0v) is 19.2. The fraction of sp³-hybridized carbons (Fsp3) is 0.458. The second-order valence-electron chi connectivity index (χ2n) is 8.66. The van der Waals surface area contributed by atoms with Crippen molar-refractivity contribution in [3.63, 3.8) is 0 Å². The van der Waals surface area contributed by atoms with E-state index in [4.69, 9.17) is 9.47 Å². The molecule has 2 atom stereocenters. The molecule has 2 aromatic carbocycles. The Morgan fingerprint density at radius 3 is 2.62 bits per heavy atom. The lowest BCUT2D eigenvalue weighted by atomic mass is 10.1. The zero-order valence-electron chi connectivity index (χ0n) is 18.4. The van der Waals surface area contributed by atoms with Crippen LogP contribution >= 0.6 is 11.8 Å². The Morgan fingerprint density at radius 1 is 1.03 bits per heavy atom. The summed E-state index contributed by atoms with van der Waals surface area (Å²) < 4.78 is 10.9. The molecule has 0 aromatic heterocycles. The molecular weight excluding hydrogens is 424 g/mol. The molecule has 0 aliphatic carbocycles. The van der Waals surface area contributed by atoms with E-state index in [1.54, 1.807) is 0 Å². The Balaban J connectivity index is 1.11. The second-order valence-corrected chi connectivity index (χ2v) is 9.75. The standard InChI is InChI=1S/C24H30N4O3S/c1-17-2-5-20(6-3-17)32-15-19-13-23(29)26-24(25-19)28-10-8-27(9-11-28)14-18-4-7-21-22(12-18)31-16-30-21/h2-7,12,19,24-25H,8-11,13-16H2,1H3,(H,26,29). The largest absolute Gasteiger partial charge is 0.454 e. The first-order valence-electron chi connectivity index (χ1n) is 11.2. The number of nitrogens with one attached hydrogen (secondary N) is 2. The monoisotopic (exact) mass is 454 g/mol. The summed E-state index contributed by atoms with van der Waals surface area (Å²) in [6.07, 6.45) is 0.437. The number of piperazine rings is 1. The summed E-state index contributed by atoms with van der Waals surface area (Å²) in [5, 5.41) is 6.78. The van der Waals surface area contributed by atoms with E-state index in [-0.39, 0.29) is 18.2 Å². The first kappa shape index (κ1) is 21.6. The van der Waals surface area contributed by atoms with Gasteiger partial charge in [-0.15, -0.1) is 11.8 Å². The van der Waals surface area contributed by atoms with Gasteiger partial charge in [-0.05, 0) is 36.8 Å². The lowest BCUT2D eigenvalue weighted by Crippen LogP contribution is -2.66. The molecule has 2 aromatic rings. The van der Waals surface area contributed by atoms with E-state index in [9.17, 15) is 4.79 Å². The maximum Gasteiger partial charge on any atom is 0.231 e. The van der Waals surface area contributed by atoms with Gasteiger partial charge in [0.15, 0.2) is 11.5 Å². The van der Waals surface area contributed by atoms with Gasteiger partial charge in [-0.3, -0.25) is 19.9 Å². The highest BCUT2D eigenvalue weighted by Crippen LogP contribution is 2.33. The van der Waals surface area contributed by atoms with Crippen molar-refractivity contribution in [3.05, 3.63) is 53.6 Å². The van der Waals surface area contributed by atoms with Crippen LogP contribution in [0.4, 0.5) is 0 Å². The van der Waals surface area contributed by atoms with Crippen LogP contribution in [0.25, 0.3) is 0 Å². The van der Waals surface area contributed by atoms with Crippen LogP contribution in [0.5, 0.6) is 11.5 Å². The number of amides is 1. The quantitative estimate of drug-likeness (QED) is 0.650. The molecule has 3 heterocycles. The van der Waals surface area contributed by atoms with Crippen molar-refractivity contribution in [2.75, 3.05) is 38.7 Å². The molecule has 2 saturated heterocycles. The van der Waals surface area contributed by atoms with Crippen LogP contribution in [0.15, 0.2) is 47.4 Å². The molecule has 170 valence electrons. The third-order valence-electron chi connectivity index (χ3n) is 6.21. The van der Waals surface area contributed by atoms with Crippen LogP contribution < -0.4 is 20.1 Å². The van der Waals surface area contributed by atoms with Crippen molar-refractivity contribution in [3.8, 4) is 11.5 Å². The fourth-order valence-corrected chi connectivity index (χ4v) is 5.31. The molecule has 2 fully saturated rings. The lowest BCUT2D eigenvalue weighted by Gasteiger charge is -2.43. The van der Waals surface area contributed by atoms with Gasteiger partial charge >= 0.3 is 0 Å². The summed E-state index contributed by atoms with van der Waals surface area (Å²) >= 11 is 1.81. The molecule has 3 aliphatic heterocycles. The Labute approximate surface area is 193 Å². The predicted octanol–water partition coefficient (Wildman–Crippen LogP) is 2.40. The zero-order chi connectivity index (χ0) is 21.9. The van der Waals surface area contributed by atoms with Gasteiger partial charge in [-0.2, -0.15) is 0 Å². The number of carbonyl (C=O) groups is 1. The maximum absolute atomic E-state index is 12.4. The van der Waals surface area contributed by atoms with Gasteiger partial charge in [-0.25, -0.2) is 0 Å². The van der Waals surface area contributed by atoms with Gasteiger partial charge in [0, 0.05) is 55.8 Å². The smallest absolute Gasteiger partial charge is 0.231 e. The fourth-order valence-electron chi connectivity index (χ4n) is 4.37. The highest BCUT2D eigenvalue weighted by molar-refractivity contribution is 7.99. The third-order valence-corrected chi connectivity index (χ3v) is 7.38. The van der Waals surface area contributed by atoms with Gasteiger partial charge in [0.05, 0.1) is 0 Å². The number of nitrogens with zero attached hydrogens (tertiary/aromatic N) is 2. The van der Waals surface area contributed by atoms with E-state index < -0.39 is 0 Å². The highest BCUT2D eigenvalue weighted by Gasteiger charge is 2.31. The van der Waals surface area contributed by atoms with Crippen molar-refractivity contribution in [1.82, 2.24) is 20.4 Å². The number of carbonyl (C=O) groups excluding carboxylic acids is 1. The molecule has 8 heteroatoms. The Kier molecular flexibility index (Phi) is 6.54. The number of rotatable bonds is 6. The number of benzene rings is 2. The summed E-state index contributed by atoms with van der Waals surface area (Å²) in [5.74, 6) is 2.68. The molecule has 0 radical (unpaired) electrons.